The molecular formula is C16H15Cl2N3O5. The number of hydrogen-bond donors (Lipinski definition) is 2. The number of halogens is 2. The van der Waals surface area contributed by atoms with Crippen LogP contribution in [0.5, 0.6) is 0 Å². The minimum Gasteiger partial charge on any atom is -0.454 e. The van der Waals surface area contributed by atoms with Gasteiger partial charge in [0, 0.05) is 12.3 Å². The molecule has 0 bridgehead atoms. The van der Waals surface area contributed by atoms with E-state index in [4.69, 9.17) is 27.9 Å². The second kappa shape index (κ2) is 8.68. The Morgan fingerprint density at radius 1 is 1.23 bits per heavy atom. The van der Waals surface area contributed by atoms with E-state index in [0.717, 1.165) is 22.4 Å². The van der Waals surface area contributed by atoms with Crippen molar-refractivity contribution in [3.05, 3.63) is 66.9 Å². The largest absolute Gasteiger partial charge is 0.454 e. The summed E-state index contributed by atoms with van der Waals surface area (Å²) < 4.78 is 5.78. The van der Waals surface area contributed by atoms with Crippen molar-refractivity contribution in [2.45, 2.75) is 19.5 Å². The van der Waals surface area contributed by atoms with E-state index in [1.165, 1.54) is 0 Å². The molecule has 2 aromatic rings. The molecule has 0 spiro atoms. The number of benzene rings is 1. The van der Waals surface area contributed by atoms with E-state index in [1.807, 2.05) is 4.98 Å². The second-order valence-corrected chi connectivity index (χ2v) is 6.18. The molecule has 0 radical (unpaired) electrons. The minimum absolute atomic E-state index is 0.364. The Kier molecular flexibility index (Phi) is 6.59. The van der Waals surface area contributed by atoms with Gasteiger partial charge < -0.3 is 10.1 Å². The molecule has 1 atom stereocenters. The van der Waals surface area contributed by atoms with Crippen LogP contribution in [0.1, 0.15) is 18.5 Å². The fourth-order valence-corrected chi connectivity index (χ4v) is 2.35. The van der Waals surface area contributed by atoms with Gasteiger partial charge >= 0.3 is 11.7 Å². The smallest absolute Gasteiger partial charge is 0.328 e. The van der Waals surface area contributed by atoms with Gasteiger partial charge in [0.1, 0.15) is 6.54 Å². The van der Waals surface area contributed by atoms with Crippen LogP contribution in [0, 0.1) is 0 Å². The summed E-state index contributed by atoms with van der Waals surface area (Å²) in [5.74, 6) is -1.32. The second-order valence-electron chi connectivity index (χ2n) is 5.36. The van der Waals surface area contributed by atoms with Crippen LogP contribution in [0.25, 0.3) is 0 Å². The first kappa shape index (κ1) is 19.7. The lowest BCUT2D eigenvalue weighted by molar-refractivity contribution is -0.149. The Labute approximate surface area is 157 Å². The van der Waals surface area contributed by atoms with Crippen LogP contribution < -0.4 is 16.6 Å². The molecule has 0 aliphatic heterocycles. The summed E-state index contributed by atoms with van der Waals surface area (Å²) >= 11 is 11.8. The maximum absolute atomic E-state index is 11.9. The third-order valence-electron chi connectivity index (χ3n) is 3.38. The fraction of sp³-hybridized carbons (Fsp3) is 0.250. The first-order chi connectivity index (χ1) is 12.3. The normalized spacial score (nSPS) is 11.7. The van der Waals surface area contributed by atoms with E-state index < -0.39 is 36.3 Å². The van der Waals surface area contributed by atoms with Crippen molar-refractivity contribution in [2.24, 2.45) is 0 Å². The zero-order valence-corrected chi connectivity index (χ0v) is 15.1. The highest BCUT2D eigenvalue weighted by Gasteiger charge is 2.13. The number of nitrogens with zero attached hydrogens (tertiary/aromatic N) is 1. The molecule has 1 aromatic heterocycles. The quantitative estimate of drug-likeness (QED) is 0.710. The van der Waals surface area contributed by atoms with E-state index in [2.05, 4.69) is 5.32 Å². The lowest BCUT2D eigenvalue weighted by Crippen LogP contribution is -2.34. The van der Waals surface area contributed by atoms with Gasteiger partial charge in [-0.25, -0.2) is 4.79 Å². The molecule has 0 saturated carbocycles. The first-order valence-electron chi connectivity index (χ1n) is 7.46. The van der Waals surface area contributed by atoms with Gasteiger partial charge in [0.05, 0.1) is 16.1 Å². The summed E-state index contributed by atoms with van der Waals surface area (Å²) in [4.78, 5) is 48.0. The van der Waals surface area contributed by atoms with Crippen molar-refractivity contribution in [3.8, 4) is 0 Å². The number of nitrogens with one attached hydrogen (secondary N) is 2. The number of carbonyl (C=O) groups excluding carboxylic acids is 2. The van der Waals surface area contributed by atoms with Crippen LogP contribution in [-0.2, 0) is 20.9 Å². The summed E-state index contributed by atoms with van der Waals surface area (Å²) in [5, 5.41) is 3.41. The van der Waals surface area contributed by atoms with E-state index in [1.54, 1.807) is 25.1 Å². The summed E-state index contributed by atoms with van der Waals surface area (Å²) in [7, 11) is 0. The molecule has 0 unspecified atom stereocenters. The maximum atomic E-state index is 11.9. The minimum atomic E-state index is -0.795. The molecule has 0 saturated heterocycles. The van der Waals surface area contributed by atoms with E-state index >= 15 is 0 Å². The number of aromatic nitrogens is 2. The van der Waals surface area contributed by atoms with Crippen molar-refractivity contribution in [3.63, 3.8) is 0 Å². The molecule has 2 N–H and O–H groups in total. The Balaban J connectivity index is 1.85. The van der Waals surface area contributed by atoms with Gasteiger partial charge in [-0.15, -0.1) is 0 Å². The molecule has 0 fully saturated rings. The molecule has 138 valence electrons. The number of ether oxygens (including phenoxy) is 1. The lowest BCUT2D eigenvalue weighted by Gasteiger charge is -2.15. The Bertz CT molecular complexity index is 938. The van der Waals surface area contributed by atoms with Gasteiger partial charge in [0.25, 0.3) is 11.5 Å². The molecule has 0 aliphatic rings. The Morgan fingerprint density at radius 2 is 1.96 bits per heavy atom. The number of carbonyl (C=O) groups is 2. The zero-order chi connectivity index (χ0) is 19.3. The van der Waals surface area contributed by atoms with E-state index in [-0.39, 0.29) is 6.04 Å². The van der Waals surface area contributed by atoms with E-state index in [9.17, 15) is 19.2 Å². The van der Waals surface area contributed by atoms with Crippen molar-refractivity contribution in [1.82, 2.24) is 14.9 Å². The van der Waals surface area contributed by atoms with Crippen LogP contribution in [-0.4, -0.2) is 28.0 Å². The monoisotopic (exact) mass is 399 g/mol. The summed E-state index contributed by atoms with van der Waals surface area (Å²) in [6, 6.07) is 5.68. The molecule has 2 rings (SSSR count). The molecule has 1 heterocycles. The lowest BCUT2D eigenvalue weighted by atomic mass is 10.1. The molecule has 0 aliphatic carbocycles. The Hall–Kier alpha value is -2.58. The Morgan fingerprint density at radius 3 is 2.62 bits per heavy atom. The van der Waals surface area contributed by atoms with Crippen LogP contribution in [0.2, 0.25) is 10.0 Å². The predicted molar refractivity (Wildman–Crippen MR) is 95.3 cm³/mol. The first-order valence-corrected chi connectivity index (χ1v) is 8.21. The van der Waals surface area contributed by atoms with Gasteiger partial charge in [-0.1, -0.05) is 29.3 Å². The number of amides is 1. The number of hydrogen-bond acceptors (Lipinski definition) is 5. The van der Waals surface area contributed by atoms with Gasteiger partial charge in [-0.2, -0.15) is 0 Å². The number of rotatable bonds is 6. The van der Waals surface area contributed by atoms with Gasteiger partial charge in [-0.3, -0.25) is 23.9 Å². The average molecular weight is 400 g/mol. The van der Waals surface area contributed by atoms with Crippen molar-refractivity contribution < 1.29 is 14.3 Å². The third-order valence-corrected chi connectivity index (χ3v) is 4.12. The van der Waals surface area contributed by atoms with Gasteiger partial charge in [0.15, 0.2) is 6.61 Å². The zero-order valence-electron chi connectivity index (χ0n) is 13.6. The number of H-pyrrole nitrogens is 1. The highest BCUT2D eigenvalue weighted by molar-refractivity contribution is 6.42. The molecule has 10 heteroatoms. The standard InChI is InChI=1S/C16H15Cl2N3O5/c1-9(10-2-3-11(17)12(18)6-10)19-14(23)8-26-15(24)7-21-5-4-13(22)20-16(21)25/h2-6,9H,7-8H2,1H3,(H,19,23)(H,20,22,25)/t9-/m1/s1. The van der Waals surface area contributed by atoms with Gasteiger partial charge in [0.2, 0.25) is 0 Å². The van der Waals surface area contributed by atoms with Gasteiger partial charge in [-0.05, 0) is 24.6 Å². The number of esters is 1. The summed E-state index contributed by atoms with van der Waals surface area (Å²) in [6.45, 7) is 0.799. The fourth-order valence-electron chi connectivity index (χ4n) is 2.05. The molecular weight excluding hydrogens is 385 g/mol. The van der Waals surface area contributed by atoms with Crippen LogP contribution in [0.3, 0.4) is 0 Å². The van der Waals surface area contributed by atoms with Crippen LogP contribution in [0.4, 0.5) is 0 Å². The molecule has 26 heavy (non-hydrogen) atoms. The molecule has 8 nitrogen and oxygen atoms in total. The van der Waals surface area contributed by atoms with Crippen molar-refractivity contribution >= 4 is 35.1 Å². The topological polar surface area (TPSA) is 110 Å². The molecule has 1 amide bonds. The summed E-state index contributed by atoms with van der Waals surface area (Å²) in [5.41, 5.74) is -0.582. The summed E-state index contributed by atoms with van der Waals surface area (Å²) in [6.07, 6.45) is 1.16. The molecule has 1 aromatic carbocycles. The average Bonchev–Trinajstić information content (AvgIpc) is 2.58. The van der Waals surface area contributed by atoms with E-state index in [0.29, 0.717) is 10.0 Å². The van der Waals surface area contributed by atoms with Crippen molar-refractivity contribution in [2.75, 3.05) is 6.61 Å². The maximum Gasteiger partial charge on any atom is 0.328 e. The predicted octanol–water partition coefficient (Wildman–Crippen LogP) is 1.26. The SMILES string of the molecule is C[C@@H](NC(=O)COC(=O)Cn1ccc(=O)[nH]c1=O)c1ccc(Cl)c(Cl)c1. The number of aromatic amines is 1. The third kappa shape index (κ3) is 5.47. The van der Waals surface area contributed by atoms with Crippen molar-refractivity contribution in [1.29, 1.82) is 0 Å². The highest BCUT2D eigenvalue weighted by atomic mass is 35.5. The van der Waals surface area contributed by atoms with Crippen LogP contribution in [0.15, 0.2) is 40.1 Å². The van der Waals surface area contributed by atoms with Crippen LogP contribution >= 0.6 is 23.2 Å². The highest BCUT2D eigenvalue weighted by Crippen LogP contribution is 2.25.